The maximum absolute atomic E-state index is 11.5. The lowest BCUT2D eigenvalue weighted by Crippen LogP contribution is -2.24. The van der Waals surface area contributed by atoms with Crippen LogP contribution in [-0.2, 0) is 16.0 Å². The van der Waals surface area contributed by atoms with E-state index in [0.717, 1.165) is 29.2 Å². The smallest absolute Gasteiger partial charge is 0.337 e. The normalized spacial score (nSPS) is 16.1. The van der Waals surface area contributed by atoms with E-state index >= 15 is 0 Å². The van der Waals surface area contributed by atoms with Crippen LogP contribution in [0.2, 0.25) is 0 Å². The van der Waals surface area contributed by atoms with Gasteiger partial charge in [0.15, 0.2) is 6.23 Å². The summed E-state index contributed by atoms with van der Waals surface area (Å²) in [6, 6.07) is 15.1. The Balaban J connectivity index is 1.50. The van der Waals surface area contributed by atoms with Crippen LogP contribution in [0.15, 0.2) is 54.7 Å². The van der Waals surface area contributed by atoms with Crippen molar-refractivity contribution in [1.82, 2.24) is 15.0 Å². The summed E-state index contributed by atoms with van der Waals surface area (Å²) in [4.78, 5) is 13.7. The summed E-state index contributed by atoms with van der Waals surface area (Å²) in [6.07, 6.45) is 1.56. The van der Waals surface area contributed by atoms with E-state index in [1.165, 1.54) is 7.11 Å². The molecule has 2 aromatic carbocycles. The fourth-order valence-electron chi connectivity index (χ4n) is 3.38. The Kier molecular flexibility index (Phi) is 5.44. The molecule has 1 aromatic heterocycles. The fourth-order valence-corrected chi connectivity index (χ4v) is 3.38. The van der Waals surface area contributed by atoms with Gasteiger partial charge in [-0.2, -0.15) is 0 Å². The van der Waals surface area contributed by atoms with Gasteiger partial charge in [0.1, 0.15) is 11.4 Å². The molecule has 1 aliphatic rings. The summed E-state index contributed by atoms with van der Waals surface area (Å²) in [5, 5.41) is 8.55. The number of aromatic nitrogens is 3. The highest BCUT2D eigenvalue weighted by molar-refractivity contribution is 5.89. The van der Waals surface area contributed by atoms with Crippen LogP contribution in [0.1, 0.15) is 27.8 Å². The molecule has 0 unspecified atom stereocenters. The number of para-hydroxylation sites is 2. The number of ether oxygens (including phenoxy) is 3. The topological polar surface area (TPSA) is 78.7 Å². The molecular formula is C21H22N4O4. The first kappa shape index (κ1) is 18.9. The molecule has 0 aliphatic carbocycles. The summed E-state index contributed by atoms with van der Waals surface area (Å²) < 4.78 is 17.9. The van der Waals surface area contributed by atoms with Crippen molar-refractivity contribution in [2.75, 3.05) is 32.3 Å². The lowest BCUT2D eigenvalue weighted by Gasteiger charge is -2.25. The molecule has 4 rings (SSSR count). The molecule has 150 valence electrons. The van der Waals surface area contributed by atoms with Gasteiger partial charge >= 0.3 is 5.97 Å². The summed E-state index contributed by atoms with van der Waals surface area (Å²) in [6.45, 7) is 1.88. The van der Waals surface area contributed by atoms with Crippen molar-refractivity contribution in [1.29, 1.82) is 0 Å². The quantitative estimate of drug-likeness (QED) is 0.595. The van der Waals surface area contributed by atoms with Gasteiger partial charge in [0.25, 0.3) is 0 Å². The van der Waals surface area contributed by atoms with Gasteiger partial charge in [-0.05, 0) is 29.8 Å². The third-order valence-corrected chi connectivity index (χ3v) is 4.81. The highest BCUT2D eigenvalue weighted by Gasteiger charge is 2.31. The van der Waals surface area contributed by atoms with Gasteiger partial charge < -0.3 is 19.1 Å². The van der Waals surface area contributed by atoms with E-state index in [-0.39, 0.29) is 12.2 Å². The largest absolute Gasteiger partial charge is 0.495 e. The highest BCUT2D eigenvalue weighted by Crippen LogP contribution is 2.36. The Labute approximate surface area is 168 Å². The summed E-state index contributed by atoms with van der Waals surface area (Å²) in [7, 11) is 3.03. The molecule has 1 saturated heterocycles. The SMILES string of the molecule is COC(=O)c1ccc(Cn2cc([C@@H]3OCCN3c3ccccc3OC)nn2)cc1. The number of hydrogen-bond acceptors (Lipinski definition) is 7. The van der Waals surface area contributed by atoms with E-state index < -0.39 is 0 Å². The maximum Gasteiger partial charge on any atom is 0.337 e. The summed E-state index contributed by atoms with van der Waals surface area (Å²) in [5.41, 5.74) is 3.22. The molecule has 0 spiro atoms. The molecule has 0 N–H and O–H groups in total. The zero-order valence-electron chi connectivity index (χ0n) is 16.3. The van der Waals surface area contributed by atoms with Crippen LogP contribution in [0, 0.1) is 0 Å². The molecule has 0 bridgehead atoms. The van der Waals surface area contributed by atoms with Gasteiger partial charge in [0, 0.05) is 6.54 Å². The van der Waals surface area contributed by atoms with Crippen molar-refractivity contribution in [2.24, 2.45) is 0 Å². The molecule has 0 saturated carbocycles. The van der Waals surface area contributed by atoms with Crippen LogP contribution in [0.3, 0.4) is 0 Å². The second-order valence-electron chi connectivity index (χ2n) is 6.62. The van der Waals surface area contributed by atoms with Gasteiger partial charge in [0.2, 0.25) is 0 Å². The number of anilines is 1. The second-order valence-corrected chi connectivity index (χ2v) is 6.62. The van der Waals surface area contributed by atoms with Crippen LogP contribution in [-0.4, -0.2) is 48.3 Å². The first-order chi connectivity index (χ1) is 14.2. The predicted molar refractivity (Wildman–Crippen MR) is 106 cm³/mol. The number of nitrogens with zero attached hydrogens (tertiary/aromatic N) is 4. The Morgan fingerprint density at radius 2 is 1.97 bits per heavy atom. The Morgan fingerprint density at radius 1 is 1.17 bits per heavy atom. The molecule has 8 nitrogen and oxygen atoms in total. The molecule has 1 aliphatic heterocycles. The van der Waals surface area contributed by atoms with E-state index in [1.54, 1.807) is 23.9 Å². The van der Waals surface area contributed by atoms with Gasteiger partial charge in [-0.15, -0.1) is 5.10 Å². The van der Waals surface area contributed by atoms with Gasteiger partial charge in [0.05, 0.1) is 44.8 Å². The molecule has 1 fully saturated rings. The van der Waals surface area contributed by atoms with Crippen LogP contribution in [0.5, 0.6) is 5.75 Å². The molecule has 0 amide bonds. The van der Waals surface area contributed by atoms with E-state index in [2.05, 4.69) is 15.2 Å². The Morgan fingerprint density at radius 3 is 2.72 bits per heavy atom. The third kappa shape index (κ3) is 3.93. The average Bonchev–Trinajstić information content (AvgIpc) is 3.43. The van der Waals surface area contributed by atoms with Crippen molar-refractivity contribution >= 4 is 11.7 Å². The second kappa shape index (κ2) is 8.32. The number of methoxy groups -OCH3 is 2. The number of carbonyl (C=O) groups excluding carboxylic acids is 1. The monoisotopic (exact) mass is 394 g/mol. The molecule has 2 heterocycles. The number of rotatable bonds is 6. The van der Waals surface area contributed by atoms with Gasteiger partial charge in [-0.3, -0.25) is 0 Å². The maximum atomic E-state index is 11.5. The van der Waals surface area contributed by atoms with E-state index in [9.17, 15) is 4.79 Å². The first-order valence-corrected chi connectivity index (χ1v) is 9.28. The molecule has 0 radical (unpaired) electrons. The lowest BCUT2D eigenvalue weighted by atomic mass is 10.1. The predicted octanol–water partition coefficient (Wildman–Crippen LogP) is 2.66. The molecule has 29 heavy (non-hydrogen) atoms. The highest BCUT2D eigenvalue weighted by atomic mass is 16.5. The van der Waals surface area contributed by atoms with Crippen LogP contribution in [0.4, 0.5) is 5.69 Å². The molecule has 3 aromatic rings. The fraction of sp³-hybridized carbons (Fsp3) is 0.286. The molecule has 1 atom stereocenters. The van der Waals surface area contributed by atoms with E-state index in [1.807, 2.05) is 42.6 Å². The number of benzene rings is 2. The first-order valence-electron chi connectivity index (χ1n) is 9.28. The Bertz CT molecular complexity index is 986. The van der Waals surface area contributed by atoms with E-state index in [0.29, 0.717) is 18.7 Å². The third-order valence-electron chi connectivity index (χ3n) is 4.81. The molecular weight excluding hydrogens is 372 g/mol. The molecule has 8 heteroatoms. The standard InChI is InChI=1S/C21H22N4O4/c1-27-19-6-4-3-5-18(19)25-11-12-29-20(25)17-14-24(23-22-17)13-15-7-9-16(10-8-15)21(26)28-2/h3-10,14,20H,11-13H2,1-2H3/t20-/m0/s1. The number of esters is 1. The van der Waals surface area contributed by atoms with Crippen molar-refractivity contribution < 1.29 is 19.0 Å². The zero-order chi connectivity index (χ0) is 20.2. The van der Waals surface area contributed by atoms with Gasteiger partial charge in [-0.25, -0.2) is 9.48 Å². The van der Waals surface area contributed by atoms with Crippen molar-refractivity contribution in [2.45, 2.75) is 12.8 Å². The summed E-state index contributed by atoms with van der Waals surface area (Å²) >= 11 is 0. The minimum atomic E-state index is -0.352. The minimum absolute atomic E-state index is 0.318. The number of carbonyl (C=O) groups is 1. The lowest BCUT2D eigenvalue weighted by molar-refractivity contribution is 0.0600. The minimum Gasteiger partial charge on any atom is -0.495 e. The van der Waals surface area contributed by atoms with Crippen LogP contribution >= 0.6 is 0 Å². The van der Waals surface area contributed by atoms with Crippen molar-refractivity contribution in [3.05, 3.63) is 71.5 Å². The average molecular weight is 394 g/mol. The van der Waals surface area contributed by atoms with E-state index in [4.69, 9.17) is 14.2 Å². The van der Waals surface area contributed by atoms with Gasteiger partial charge in [-0.1, -0.05) is 29.5 Å². The van der Waals surface area contributed by atoms with Crippen LogP contribution < -0.4 is 9.64 Å². The summed E-state index contributed by atoms with van der Waals surface area (Å²) in [5.74, 6) is 0.440. The van der Waals surface area contributed by atoms with Crippen molar-refractivity contribution in [3.63, 3.8) is 0 Å². The van der Waals surface area contributed by atoms with Crippen LogP contribution in [0.25, 0.3) is 0 Å². The zero-order valence-corrected chi connectivity index (χ0v) is 16.3. The Hall–Kier alpha value is -3.39. The number of hydrogen-bond donors (Lipinski definition) is 0. The van der Waals surface area contributed by atoms with Crippen molar-refractivity contribution in [3.8, 4) is 5.75 Å².